The molecule has 0 aliphatic carbocycles. The second-order valence-electron chi connectivity index (χ2n) is 4.16. The predicted molar refractivity (Wildman–Crippen MR) is 69.9 cm³/mol. The molecule has 6 nitrogen and oxygen atoms in total. The van der Waals surface area contributed by atoms with Gasteiger partial charge < -0.3 is 15.3 Å². The van der Waals surface area contributed by atoms with Crippen LogP contribution in [0.3, 0.4) is 0 Å². The number of hydrogen-bond acceptors (Lipinski definition) is 5. The molecule has 0 unspecified atom stereocenters. The Balaban J connectivity index is 0.00000220. The summed E-state index contributed by atoms with van der Waals surface area (Å²) in [5.41, 5.74) is 1.10. The first kappa shape index (κ1) is 21.1. The summed E-state index contributed by atoms with van der Waals surface area (Å²) < 4.78 is 0. The van der Waals surface area contributed by atoms with Gasteiger partial charge in [0.2, 0.25) is 0 Å². The van der Waals surface area contributed by atoms with Gasteiger partial charge >= 0.3 is 65.1 Å². The van der Waals surface area contributed by atoms with Crippen LogP contribution in [0.15, 0.2) is 46.6 Å². The number of azo groups is 1. The molecular formula is C14H11N2Na2O4+. The minimum absolute atomic E-state index is 0. The molecule has 0 atom stereocenters. The van der Waals surface area contributed by atoms with E-state index in [9.17, 15) is 15.0 Å². The SMILES string of the molecule is Cc1cc(N=Nc2ccc(O)c(C(=O)O)c2)ccc1[O-].[Na+].[Na+]. The quantitative estimate of drug-likeness (QED) is 0.462. The van der Waals surface area contributed by atoms with Gasteiger partial charge in [0.15, 0.2) is 0 Å². The number of aromatic carboxylic acids is 1. The average Bonchev–Trinajstić information content (AvgIpc) is 2.41. The van der Waals surface area contributed by atoms with E-state index in [0.717, 1.165) is 0 Å². The summed E-state index contributed by atoms with van der Waals surface area (Å²) in [5.74, 6) is -1.66. The third-order valence-electron chi connectivity index (χ3n) is 2.65. The molecule has 0 aromatic heterocycles. The van der Waals surface area contributed by atoms with Gasteiger partial charge in [0.05, 0.1) is 11.4 Å². The molecule has 2 aromatic rings. The maximum atomic E-state index is 11.2. The molecule has 0 aliphatic heterocycles. The molecule has 0 radical (unpaired) electrons. The number of phenols is 1. The van der Waals surface area contributed by atoms with Crippen LogP contribution in [0.4, 0.5) is 11.4 Å². The standard InChI is InChI=1S/C14H12N2O4.2Na/c1-8-6-9(2-4-12(8)17)15-16-10-3-5-13(18)11(7-10)14(19)20;;/h2-7,17-18H,1H3,(H,19,20);;/q;2*+1/p-1. The van der Waals surface area contributed by atoms with E-state index >= 15 is 0 Å². The fraction of sp³-hybridized carbons (Fsp3) is 0.0714. The van der Waals surface area contributed by atoms with Crippen molar-refractivity contribution in [2.75, 3.05) is 0 Å². The summed E-state index contributed by atoms with van der Waals surface area (Å²) in [6.07, 6.45) is 0. The second-order valence-corrected chi connectivity index (χ2v) is 4.16. The Kier molecular flexibility index (Phi) is 8.92. The molecule has 0 fully saturated rings. The van der Waals surface area contributed by atoms with Gasteiger partial charge in [-0.05, 0) is 37.3 Å². The van der Waals surface area contributed by atoms with Crippen LogP contribution in [-0.2, 0) is 0 Å². The number of benzene rings is 2. The third kappa shape index (κ3) is 5.39. The Morgan fingerprint density at radius 3 is 2.14 bits per heavy atom. The number of aromatic hydroxyl groups is 1. The molecule has 8 heteroatoms. The summed E-state index contributed by atoms with van der Waals surface area (Å²) in [6, 6.07) is 8.41. The van der Waals surface area contributed by atoms with Gasteiger partial charge in [-0.25, -0.2) is 4.79 Å². The van der Waals surface area contributed by atoms with Crippen molar-refractivity contribution in [2.24, 2.45) is 10.2 Å². The first-order valence-corrected chi connectivity index (χ1v) is 5.73. The Morgan fingerprint density at radius 2 is 1.59 bits per heavy atom. The first-order valence-electron chi connectivity index (χ1n) is 5.73. The van der Waals surface area contributed by atoms with E-state index in [0.29, 0.717) is 16.9 Å². The van der Waals surface area contributed by atoms with Crippen LogP contribution >= 0.6 is 0 Å². The van der Waals surface area contributed by atoms with Crippen LogP contribution < -0.4 is 64.2 Å². The number of aryl methyl sites for hydroxylation is 1. The van der Waals surface area contributed by atoms with Crippen LogP contribution in [0.25, 0.3) is 0 Å². The van der Waals surface area contributed by atoms with E-state index in [-0.39, 0.29) is 76.2 Å². The van der Waals surface area contributed by atoms with Crippen molar-refractivity contribution in [3.63, 3.8) is 0 Å². The van der Waals surface area contributed by atoms with Gasteiger partial charge in [-0.2, -0.15) is 10.2 Å². The van der Waals surface area contributed by atoms with Crippen molar-refractivity contribution in [2.45, 2.75) is 6.92 Å². The molecule has 2 rings (SSSR count). The van der Waals surface area contributed by atoms with E-state index < -0.39 is 5.97 Å². The zero-order valence-electron chi connectivity index (χ0n) is 12.6. The largest absolute Gasteiger partial charge is 1.00 e. The molecule has 22 heavy (non-hydrogen) atoms. The van der Waals surface area contributed by atoms with Crippen LogP contribution in [-0.4, -0.2) is 16.2 Å². The average molecular weight is 317 g/mol. The summed E-state index contributed by atoms with van der Waals surface area (Å²) in [7, 11) is 0. The smallest absolute Gasteiger partial charge is 0.872 e. The normalized spacial score (nSPS) is 9.86. The van der Waals surface area contributed by atoms with Crippen molar-refractivity contribution < 1.29 is 79.2 Å². The zero-order chi connectivity index (χ0) is 14.7. The van der Waals surface area contributed by atoms with E-state index in [1.807, 2.05) is 0 Å². The Hall–Kier alpha value is -0.890. The van der Waals surface area contributed by atoms with Crippen LogP contribution in [0.5, 0.6) is 11.5 Å². The molecule has 0 spiro atoms. The summed E-state index contributed by atoms with van der Waals surface area (Å²) in [6.45, 7) is 1.67. The van der Waals surface area contributed by atoms with Crippen LogP contribution in [0, 0.1) is 6.92 Å². The number of carboxylic acid groups (broad SMARTS) is 1. The van der Waals surface area contributed by atoms with Crippen molar-refractivity contribution >= 4 is 17.3 Å². The monoisotopic (exact) mass is 317 g/mol. The summed E-state index contributed by atoms with van der Waals surface area (Å²) >= 11 is 0. The van der Waals surface area contributed by atoms with Gasteiger partial charge in [-0.3, -0.25) is 0 Å². The molecule has 0 saturated carbocycles. The molecule has 2 aromatic carbocycles. The molecule has 0 heterocycles. The van der Waals surface area contributed by atoms with Crippen LogP contribution in [0.2, 0.25) is 0 Å². The summed E-state index contributed by atoms with van der Waals surface area (Å²) in [5, 5.41) is 37.3. The Labute approximate surface area is 171 Å². The minimum Gasteiger partial charge on any atom is -0.872 e. The maximum absolute atomic E-state index is 11.2. The molecule has 0 bridgehead atoms. The number of carbonyl (C=O) groups is 1. The third-order valence-corrected chi connectivity index (χ3v) is 2.65. The van der Waals surface area contributed by atoms with Crippen molar-refractivity contribution in [1.82, 2.24) is 0 Å². The van der Waals surface area contributed by atoms with Crippen molar-refractivity contribution in [1.29, 1.82) is 0 Å². The van der Waals surface area contributed by atoms with E-state index in [1.165, 1.54) is 30.3 Å². The molecule has 2 N–H and O–H groups in total. The Morgan fingerprint density at radius 1 is 1.05 bits per heavy atom. The Bertz CT molecular complexity index is 705. The molecule has 0 saturated heterocycles. The van der Waals surface area contributed by atoms with Gasteiger partial charge in [0.1, 0.15) is 11.3 Å². The minimum atomic E-state index is -1.24. The molecular weight excluding hydrogens is 306 g/mol. The van der Waals surface area contributed by atoms with Gasteiger partial charge in [0, 0.05) is 0 Å². The molecule has 0 amide bonds. The molecule has 102 valence electrons. The van der Waals surface area contributed by atoms with Gasteiger partial charge in [-0.1, -0.05) is 11.6 Å². The van der Waals surface area contributed by atoms with E-state index in [1.54, 1.807) is 13.0 Å². The van der Waals surface area contributed by atoms with Crippen LogP contribution in [0.1, 0.15) is 15.9 Å². The number of hydrogen-bond donors (Lipinski definition) is 2. The maximum Gasteiger partial charge on any atom is 1.00 e. The first-order chi connectivity index (χ1) is 9.47. The second kappa shape index (κ2) is 9.29. The van der Waals surface area contributed by atoms with E-state index in [2.05, 4.69) is 10.2 Å². The van der Waals surface area contributed by atoms with Gasteiger partial charge in [0.25, 0.3) is 0 Å². The number of carboxylic acids is 1. The van der Waals surface area contributed by atoms with E-state index in [4.69, 9.17) is 5.11 Å². The topological polar surface area (TPSA) is 105 Å². The fourth-order valence-electron chi connectivity index (χ4n) is 1.57. The van der Waals surface area contributed by atoms with Crippen molar-refractivity contribution in [3.05, 3.63) is 47.5 Å². The number of nitrogens with zero attached hydrogens (tertiary/aromatic N) is 2. The summed E-state index contributed by atoms with van der Waals surface area (Å²) in [4.78, 5) is 10.9. The number of rotatable bonds is 3. The van der Waals surface area contributed by atoms with Crippen molar-refractivity contribution in [3.8, 4) is 11.5 Å². The van der Waals surface area contributed by atoms with Gasteiger partial charge in [-0.15, -0.1) is 5.75 Å². The zero-order valence-corrected chi connectivity index (χ0v) is 16.6. The predicted octanol–water partition coefficient (Wildman–Crippen LogP) is -3.10. The molecule has 0 aliphatic rings. The fourth-order valence-corrected chi connectivity index (χ4v) is 1.57.